The lowest BCUT2D eigenvalue weighted by Crippen LogP contribution is -2.23. The minimum atomic E-state index is 0.188. The Hall–Kier alpha value is -2.25. The van der Waals surface area contributed by atoms with E-state index >= 15 is 0 Å². The summed E-state index contributed by atoms with van der Waals surface area (Å²) in [7, 11) is 1.96. The predicted octanol–water partition coefficient (Wildman–Crippen LogP) is -0.367. The SMILES string of the molecule is CN(c1nc(N)nc(-n2cncn2)n1)C1CC1. The third-order valence-electron chi connectivity index (χ3n) is 2.66. The van der Waals surface area contributed by atoms with E-state index in [0.717, 1.165) is 0 Å². The van der Waals surface area contributed by atoms with Gasteiger partial charge in [-0.15, -0.1) is 0 Å². The van der Waals surface area contributed by atoms with Gasteiger partial charge in [0.25, 0.3) is 5.95 Å². The molecule has 2 heterocycles. The van der Waals surface area contributed by atoms with E-state index in [2.05, 4.69) is 25.0 Å². The fraction of sp³-hybridized carbons (Fsp3) is 0.444. The Morgan fingerprint density at radius 3 is 2.82 bits per heavy atom. The lowest BCUT2D eigenvalue weighted by molar-refractivity contribution is 0.775. The Bertz CT molecular complexity index is 518. The summed E-state index contributed by atoms with van der Waals surface area (Å²) in [4.78, 5) is 18.3. The molecule has 0 aromatic carbocycles. The first-order chi connectivity index (χ1) is 8.24. The predicted molar refractivity (Wildman–Crippen MR) is 60.6 cm³/mol. The first-order valence-corrected chi connectivity index (χ1v) is 5.33. The van der Waals surface area contributed by atoms with E-state index < -0.39 is 0 Å². The number of nitrogens with two attached hydrogens (primary N) is 1. The molecule has 2 N–H and O–H groups in total. The zero-order chi connectivity index (χ0) is 11.8. The maximum Gasteiger partial charge on any atom is 0.258 e. The summed E-state index contributed by atoms with van der Waals surface area (Å²) < 4.78 is 1.46. The molecule has 0 amide bonds. The van der Waals surface area contributed by atoms with Crippen LogP contribution in [0, 0.1) is 0 Å². The highest BCUT2D eigenvalue weighted by Crippen LogP contribution is 2.28. The molecule has 1 saturated carbocycles. The van der Waals surface area contributed by atoms with Crippen molar-refractivity contribution in [1.29, 1.82) is 0 Å². The summed E-state index contributed by atoms with van der Waals surface area (Å²) in [6.07, 6.45) is 5.28. The number of nitrogen functional groups attached to an aromatic ring is 1. The molecular weight excluding hydrogens is 220 g/mol. The van der Waals surface area contributed by atoms with Gasteiger partial charge < -0.3 is 10.6 Å². The molecule has 0 spiro atoms. The second-order valence-electron chi connectivity index (χ2n) is 3.98. The molecule has 2 aromatic heterocycles. The Kier molecular flexibility index (Phi) is 2.13. The van der Waals surface area contributed by atoms with Crippen molar-refractivity contribution >= 4 is 11.9 Å². The molecule has 0 aliphatic heterocycles. The van der Waals surface area contributed by atoms with E-state index in [0.29, 0.717) is 17.9 Å². The van der Waals surface area contributed by atoms with Crippen molar-refractivity contribution in [3.8, 4) is 5.95 Å². The maximum absolute atomic E-state index is 5.67. The highest BCUT2D eigenvalue weighted by Gasteiger charge is 2.28. The molecule has 0 saturated heterocycles. The first kappa shape index (κ1) is 9.94. The van der Waals surface area contributed by atoms with E-state index in [1.54, 1.807) is 0 Å². The number of hydrogen-bond acceptors (Lipinski definition) is 7. The molecule has 1 aliphatic rings. The average Bonchev–Trinajstić information content (AvgIpc) is 3.02. The zero-order valence-corrected chi connectivity index (χ0v) is 9.35. The van der Waals surface area contributed by atoms with Crippen LogP contribution in [0.3, 0.4) is 0 Å². The van der Waals surface area contributed by atoms with Crippen LogP contribution in [0.1, 0.15) is 12.8 Å². The minimum Gasteiger partial charge on any atom is -0.368 e. The van der Waals surface area contributed by atoms with E-state index in [1.807, 2.05) is 11.9 Å². The summed E-state index contributed by atoms with van der Waals surface area (Å²) in [5.41, 5.74) is 5.67. The van der Waals surface area contributed by atoms with E-state index in [9.17, 15) is 0 Å². The molecule has 2 aromatic rings. The summed E-state index contributed by atoms with van der Waals surface area (Å²) in [6, 6.07) is 0.514. The molecule has 8 heteroatoms. The third-order valence-corrected chi connectivity index (χ3v) is 2.66. The Morgan fingerprint density at radius 1 is 1.35 bits per heavy atom. The van der Waals surface area contributed by atoms with Crippen LogP contribution in [-0.4, -0.2) is 42.8 Å². The van der Waals surface area contributed by atoms with Gasteiger partial charge in [-0.25, -0.2) is 4.98 Å². The van der Waals surface area contributed by atoms with Gasteiger partial charge in [0.1, 0.15) is 12.7 Å². The largest absolute Gasteiger partial charge is 0.368 e. The molecule has 0 radical (unpaired) electrons. The first-order valence-electron chi connectivity index (χ1n) is 5.33. The van der Waals surface area contributed by atoms with Crippen LogP contribution >= 0.6 is 0 Å². The second kappa shape index (κ2) is 3.65. The normalized spacial score (nSPS) is 14.9. The molecule has 17 heavy (non-hydrogen) atoms. The van der Waals surface area contributed by atoms with Gasteiger partial charge in [0.2, 0.25) is 11.9 Å². The zero-order valence-electron chi connectivity index (χ0n) is 9.35. The smallest absolute Gasteiger partial charge is 0.258 e. The Morgan fingerprint density at radius 2 is 2.18 bits per heavy atom. The fourth-order valence-electron chi connectivity index (χ4n) is 1.57. The fourth-order valence-corrected chi connectivity index (χ4v) is 1.57. The molecule has 0 bridgehead atoms. The van der Waals surface area contributed by atoms with Crippen LogP contribution in [0.15, 0.2) is 12.7 Å². The standard InChI is InChI=1S/C9H12N8/c1-16(6-2-3-6)8-13-7(10)14-9(15-8)17-5-11-4-12-17/h4-6H,2-3H2,1H3,(H2,10,13,14,15). The average molecular weight is 232 g/mol. The van der Waals surface area contributed by atoms with Crippen LogP contribution < -0.4 is 10.6 Å². The molecular formula is C9H12N8. The van der Waals surface area contributed by atoms with Gasteiger partial charge >= 0.3 is 0 Å². The molecule has 1 fully saturated rings. The van der Waals surface area contributed by atoms with Crippen molar-refractivity contribution in [2.24, 2.45) is 0 Å². The number of aromatic nitrogens is 6. The Labute approximate surface area is 97.5 Å². The van der Waals surface area contributed by atoms with E-state index in [1.165, 1.54) is 30.2 Å². The molecule has 3 rings (SSSR count). The third kappa shape index (κ3) is 1.88. The van der Waals surface area contributed by atoms with Crippen LogP contribution in [0.25, 0.3) is 5.95 Å². The van der Waals surface area contributed by atoms with Gasteiger partial charge in [-0.3, -0.25) is 0 Å². The highest BCUT2D eigenvalue weighted by atomic mass is 15.4. The molecule has 0 unspecified atom stereocenters. The highest BCUT2D eigenvalue weighted by molar-refractivity contribution is 5.39. The monoisotopic (exact) mass is 232 g/mol. The van der Waals surface area contributed by atoms with Crippen LogP contribution in [-0.2, 0) is 0 Å². The number of rotatable bonds is 3. The second-order valence-corrected chi connectivity index (χ2v) is 3.98. The summed E-state index contributed by atoms with van der Waals surface area (Å²) in [6.45, 7) is 0. The van der Waals surface area contributed by atoms with Crippen molar-refractivity contribution in [3.63, 3.8) is 0 Å². The van der Waals surface area contributed by atoms with Crippen molar-refractivity contribution in [2.45, 2.75) is 18.9 Å². The number of hydrogen-bond donors (Lipinski definition) is 1. The summed E-state index contributed by atoms with van der Waals surface area (Å²) in [5, 5.41) is 3.97. The van der Waals surface area contributed by atoms with Gasteiger partial charge in [-0.1, -0.05) is 0 Å². The van der Waals surface area contributed by atoms with E-state index in [-0.39, 0.29) is 5.95 Å². The molecule has 8 nitrogen and oxygen atoms in total. The van der Waals surface area contributed by atoms with Crippen molar-refractivity contribution < 1.29 is 0 Å². The van der Waals surface area contributed by atoms with Gasteiger partial charge in [-0.05, 0) is 12.8 Å². The lowest BCUT2D eigenvalue weighted by atomic mass is 10.6. The molecule has 0 atom stereocenters. The summed E-state index contributed by atoms with van der Waals surface area (Å²) in [5.74, 6) is 1.15. The van der Waals surface area contributed by atoms with E-state index in [4.69, 9.17) is 5.73 Å². The molecule has 88 valence electrons. The van der Waals surface area contributed by atoms with Crippen molar-refractivity contribution in [3.05, 3.63) is 12.7 Å². The lowest BCUT2D eigenvalue weighted by Gasteiger charge is -2.16. The quantitative estimate of drug-likeness (QED) is 0.770. The topological polar surface area (TPSA) is 98.6 Å². The van der Waals surface area contributed by atoms with Crippen LogP contribution in [0.4, 0.5) is 11.9 Å². The van der Waals surface area contributed by atoms with Gasteiger partial charge in [0.05, 0.1) is 0 Å². The summed E-state index contributed by atoms with van der Waals surface area (Å²) >= 11 is 0. The number of anilines is 2. The molecule has 1 aliphatic carbocycles. The van der Waals surface area contributed by atoms with Crippen LogP contribution in [0.2, 0.25) is 0 Å². The van der Waals surface area contributed by atoms with Crippen molar-refractivity contribution in [1.82, 2.24) is 29.7 Å². The Balaban J connectivity index is 2.00. The van der Waals surface area contributed by atoms with Gasteiger partial charge in [0, 0.05) is 13.1 Å². The van der Waals surface area contributed by atoms with Gasteiger partial charge in [-0.2, -0.15) is 24.7 Å². The minimum absolute atomic E-state index is 0.188. The van der Waals surface area contributed by atoms with Crippen molar-refractivity contribution in [2.75, 3.05) is 17.7 Å². The van der Waals surface area contributed by atoms with Gasteiger partial charge in [0.15, 0.2) is 0 Å². The maximum atomic E-state index is 5.67. The van der Waals surface area contributed by atoms with Crippen LogP contribution in [0.5, 0.6) is 0 Å². The number of nitrogens with zero attached hydrogens (tertiary/aromatic N) is 7.